The molecule has 2 aromatic rings. The highest BCUT2D eigenvalue weighted by atomic mass is 79.9. The summed E-state index contributed by atoms with van der Waals surface area (Å²) in [6.45, 7) is 0.717. The Kier molecular flexibility index (Phi) is 5.28. The van der Waals surface area contributed by atoms with Crippen molar-refractivity contribution in [3.8, 4) is 5.75 Å². The summed E-state index contributed by atoms with van der Waals surface area (Å²) in [4.78, 5) is 0. The first-order valence-corrected chi connectivity index (χ1v) is 7.27. The van der Waals surface area contributed by atoms with E-state index in [0.717, 1.165) is 41.8 Å². The molecule has 2 nitrogen and oxygen atoms in total. The molecule has 0 aromatic heterocycles. The Morgan fingerprint density at radius 3 is 2.58 bits per heavy atom. The van der Waals surface area contributed by atoms with E-state index in [1.54, 1.807) is 0 Å². The largest absolute Gasteiger partial charge is 0.492 e. The SMILES string of the molecule is Nc1ccc(Br)c(OCCCCc2ccccc2)c1. The standard InChI is InChI=1S/C16H18BrNO/c17-15-10-9-14(18)12-16(15)19-11-5-4-8-13-6-2-1-3-7-13/h1-3,6-7,9-10,12H,4-5,8,11,18H2. The normalized spacial score (nSPS) is 10.4. The van der Waals surface area contributed by atoms with Gasteiger partial charge in [-0.1, -0.05) is 30.3 Å². The average molecular weight is 320 g/mol. The van der Waals surface area contributed by atoms with E-state index in [1.807, 2.05) is 24.3 Å². The molecule has 0 aliphatic carbocycles. The van der Waals surface area contributed by atoms with Crippen LogP contribution in [0.1, 0.15) is 18.4 Å². The number of nitrogens with two attached hydrogens (primary N) is 1. The second-order valence-corrected chi connectivity index (χ2v) is 5.34. The fourth-order valence-electron chi connectivity index (χ4n) is 1.89. The third-order valence-electron chi connectivity index (χ3n) is 2.92. The van der Waals surface area contributed by atoms with Crippen molar-refractivity contribution < 1.29 is 4.74 Å². The molecular weight excluding hydrogens is 302 g/mol. The van der Waals surface area contributed by atoms with Gasteiger partial charge in [-0.25, -0.2) is 0 Å². The molecule has 2 aromatic carbocycles. The highest BCUT2D eigenvalue weighted by molar-refractivity contribution is 9.10. The van der Waals surface area contributed by atoms with Crippen molar-refractivity contribution in [3.05, 3.63) is 58.6 Å². The lowest BCUT2D eigenvalue weighted by atomic mass is 10.1. The summed E-state index contributed by atoms with van der Waals surface area (Å²) in [6, 6.07) is 16.1. The summed E-state index contributed by atoms with van der Waals surface area (Å²) < 4.78 is 6.68. The van der Waals surface area contributed by atoms with Crippen molar-refractivity contribution in [3.63, 3.8) is 0 Å². The zero-order valence-corrected chi connectivity index (χ0v) is 12.4. The molecule has 0 fully saturated rings. The first-order chi connectivity index (χ1) is 9.25. The molecule has 0 bridgehead atoms. The molecule has 0 unspecified atom stereocenters. The maximum absolute atomic E-state index is 5.73. The van der Waals surface area contributed by atoms with Crippen molar-refractivity contribution in [2.24, 2.45) is 0 Å². The minimum Gasteiger partial charge on any atom is -0.492 e. The summed E-state index contributed by atoms with van der Waals surface area (Å²) in [6.07, 6.45) is 3.27. The van der Waals surface area contributed by atoms with Crippen LogP contribution in [0, 0.1) is 0 Å². The van der Waals surface area contributed by atoms with E-state index in [2.05, 4.69) is 40.2 Å². The van der Waals surface area contributed by atoms with Gasteiger partial charge in [0.1, 0.15) is 5.75 Å². The number of unbranched alkanes of at least 4 members (excludes halogenated alkanes) is 1. The number of anilines is 1. The van der Waals surface area contributed by atoms with Gasteiger partial charge < -0.3 is 10.5 Å². The monoisotopic (exact) mass is 319 g/mol. The van der Waals surface area contributed by atoms with Crippen molar-refractivity contribution in [1.82, 2.24) is 0 Å². The van der Waals surface area contributed by atoms with E-state index in [0.29, 0.717) is 0 Å². The van der Waals surface area contributed by atoms with E-state index in [-0.39, 0.29) is 0 Å². The second-order valence-electron chi connectivity index (χ2n) is 4.48. The van der Waals surface area contributed by atoms with Gasteiger partial charge in [-0.05, 0) is 52.9 Å². The van der Waals surface area contributed by atoms with Gasteiger partial charge in [0, 0.05) is 11.8 Å². The molecule has 2 N–H and O–H groups in total. The molecule has 0 amide bonds. The van der Waals surface area contributed by atoms with Gasteiger partial charge in [0.25, 0.3) is 0 Å². The maximum Gasteiger partial charge on any atom is 0.135 e. The van der Waals surface area contributed by atoms with Crippen molar-refractivity contribution in [2.75, 3.05) is 12.3 Å². The van der Waals surface area contributed by atoms with Gasteiger partial charge in [-0.15, -0.1) is 0 Å². The van der Waals surface area contributed by atoms with Gasteiger partial charge in [0.2, 0.25) is 0 Å². The number of hydrogen-bond donors (Lipinski definition) is 1. The van der Waals surface area contributed by atoms with Crippen LogP contribution in [0.4, 0.5) is 5.69 Å². The van der Waals surface area contributed by atoms with Crippen molar-refractivity contribution >= 4 is 21.6 Å². The summed E-state index contributed by atoms with van der Waals surface area (Å²) >= 11 is 3.46. The number of hydrogen-bond acceptors (Lipinski definition) is 2. The van der Waals surface area contributed by atoms with E-state index in [4.69, 9.17) is 10.5 Å². The van der Waals surface area contributed by atoms with Crippen LogP contribution in [0.25, 0.3) is 0 Å². The van der Waals surface area contributed by atoms with E-state index in [1.165, 1.54) is 5.56 Å². The smallest absolute Gasteiger partial charge is 0.135 e. The Morgan fingerprint density at radius 2 is 1.79 bits per heavy atom. The minimum absolute atomic E-state index is 0.717. The maximum atomic E-state index is 5.73. The fourth-order valence-corrected chi connectivity index (χ4v) is 2.25. The molecule has 3 heteroatoms. The predicted molar refractivity (Wildman–Crippen MR) is 83.4 cm³/mol. The first-order valence-electron chi connectivity index (χ1n) is 6.47. The fraction of sp³-hybridized carbons (Fsp3) is 0.250. The summed E-state index contributed by atoms with van der Waals surface area (Å²) in [5.41, 5.74) is 7.84. The Balaban J connectivity index is 1.71. The third-order valence-corrected chi connectivity index (χ3v) is 3.57. The molecule has 0 heterocycles. The van der Waals surface area contributed by atoms with E-state index in [9.17, 15) is 0 Å². The van der Waals surface area contributed by atoms with Crippen LogP contribution in [-0.4, -0.2) is 6.61 Å². The van der Waals surface area contributed by atoms with Crippen molar-refractivity contribution in [1.29, 1.82) is 0 Å². The molecule has 0 saturated heterocycles. The molecule has 0 spiro atoms. The van der Waals surface area contributed by atoms with Crippen LogP contribution in [0.2, 0.25) is 0 Å². The number of benzene rings is 2. The number of halogens is 1. The van der Waals surface area contributed by atoms with E-state index < -0.39 is 0 Å². The zero-order chi connectivity index (χ0) is 13.5. The minimum atomic E-state index is 0.717. The molecular formula is C16H18BrNO. The topological polar surface area (TPSA) is 35.2 Å². The van der Waals surface area contributed by atoms with Crippen LogP contribution in [0.5, 0.6) is 5.75 Å². The van der Waals surface area contributed by atoms with Crippen LogP contribution in [0.15, 0.2) is 53.0 Å². The lowest BCUT2D eigenvalue weighted by Crippen LogP contribution is -1.99. The second kappa shape index (κ2) is 7.19. The Hall–Kier alpha value is -1.48. The van der Waals surface area contributed by atoms with Crippen LogP contribution < -0.4 is 10.5 Å². The molecule has 0 aliphatic heterocycles. The summed E-state index contributed by atoms with van der Waals surface area (Å²) in [7, 11) is 0. The van der Waals surface area contributed by atoms with Gasteiger partial charge >= 0.3 is 0 Å². The number of aryl methyl sites for hydroxylation is 1. The van der Waals surface area contributed by atoms with Gasteiger partial charge in [0.15, 0.2) is 0 Å². The molecule has 2 rings (SSSR count). The average Bonchev–Trinajstić information content (AvgIpc) is 2.43. The van der Waals surface area contributed by atoms with Gasteiger partial charge in [0.05, 0.1) is 11.1 Å². The molecule has 0 aliphatic rings. The summed E-state index contributed by atoms with van der Waals surface area (Å²) in [5, 5.41) is 0. The number of nitrogen functional groups attached to an aromatic ring is 1. The van der Waals surface area contributed by atoms with Crippen LogP contribution in [0.3, 0.4) is 0 Å². The molecule has 0 radical (unpaired) electrons. The van der Waals surface area contributed by atoms with Gasteiger partial charge in [-0.2, -0.15) is 0 Å². The molecule has 19 heavy (non-hydrogen) atoms. The Morgan fingerprint density at radius 1 is 1.00 bits per heavy atom. The lowest BCUT2D eigenvalue weighted by Gasteiger charge is -2.08. The highest BCUT2D eigenvalue weighted by Gasteiger charge is 2.01. The number of rotatable bonds is 6. The Bertz CT molecular complexity index is 513. The molecule has 0 saturated carbocycles. The number of ether oxygens (including phenoxy) is 1. The third kappa shape index (κ3) is 4.60. The van der Waals surface area contributed by atoms with Crippen molar-refractivity contribution in [2.45, 2.75) is 19.3 Å². The van der Waals surface area contributed by atoms with Gasteiger partial charge in [-0.3, -0.25) is 0 Å². The zero-order valence-electron chi connectivity index (χ0n) is 10.8. The van der Waals surface area contributed by atoms with Crippen LogP contribution in [-0.2, 0) is 6.42 Å². The Labute approximate surface area is 122 Å². The van der Waals surface area contributed by atoms with E-state index >= 15 is 0 Å². The first kappa shape index (κ1) is 13.9. The molecule has 0 atom stereocenters. The predicted octanol–water partition coefficient (Wildman–Crippen LogP) is 4.43. The highest BCUT2D eigenvalue weighted by Crippen LogP contribution is 2.27. The quantitative estimate of drug-likeness (QED) is 0.631. The summed E-state index contributed by atoms with van der Waals surface area (Å²) in [5.74, 6) is 0.819. The molecule has 100 valence electrons. The van der Waals surface area contributed by atoms with Crippen LogP contribution >= 0.6 is 15.9 Å². The lowest BCUT2D eigenvalue weighted by molar-refractivity contribution is 0.305.